The smallest absolute Gasteiger partial charge is 0.122 e. The Balaban J connectivity index is 2.62. The summed E-state index contributed by atoms with van der Waals surface area (Å²) in [6.45, 7) is 9.74. The molecule has 0 amide bonds. The predicted molar refractivity (Wildman–Crippen MR) is 78.5 cm³/mol. The van der Waals surface area contributed by atoms with Gasteiger partial charge >= 0.3 is 0 Å². The molecule has 0 saturated carbocycles. The fourth-order valence-electron chi connectivity index (χ4n) is 1.94. The van der Waals surface area contributed by atoms with Crippen LogP contribution in [-0.4, -0.2) is 19.7 Å². The van der Waals surface area contributed by atoms with Gasteiger partial charge in [0.25, 0.3) is 0 Å². The Morgan fingerprint density at radius 1 is 1.22 bits per heavy atom. The van der Waals surface area contributed by atoms with E-state index in [1.807, 2.05) is 7.05 Å². The number of ether oxygens (including phenoxy) is 1. The van der Waals surface area contributed by atoms with Gasteiger partial charge in [-0.05, 0) is 63.4 Å². The molecule has 0 radical (unpaired) electrons. The molecule has 1 aromatic carbocycles. The van der Waals surface area contributed by atoms with E-state index < -0.39 is 0 Å². The van der Waals surface area contributed by atoms with Crippen LogP contribution in [0.1, 0.15) is 50.7 Å². The second kappa shape index (κ2) is 7.42. The van der Waals surface area contributed by atoms with Gasteiger partial charge in [-0.15, -0.1) is 0 Å². The van der Waals surface area contributed by atoms with Gasteiger partial charge in [-0.25, -0.2) is 0 Å². The summed E-state index contributed by atoms with van der Waals surface area (Å²) < 4.78 is 6.05. The Morgan fingerprint density at radius 3 is 2.56 bits per heavy atom. The highest BCUT2D eigenvalue weighted by molar-refractivity contribution is 5.37. The quantitative estimate of drug-likeness (QED) is 0.740. The molecule has 1 N–H and O–H groups in total. The van der Waals surface area contributed by atoms with Crippen LogP contribution in [0.5, 0.6) is 5.75 Å². The third-order valence-electron chi connectivity index (χ3n) is 3.24. The van der Waals surface area contributed by atoms with Crippen LogP contribution in [0, 0.1) is 6.92 Å². The first-order chi connectivity index (χ1) is 8.54. The lowest BCUT2D eigenvalue weighted by Crippen LogP contribution is -2.16. The van der Waals surface area contributed by atoms with Crippen molar-refractivity contribution < 1.29 is 4.74 Å². The van der Waals surface area contributed by atoms with Gasteiger partial charge < -0.3 is 10.1 Å². The molecule has 0 spiro atoms. The third kappa shape index (κ3) is 4.69. The summed E-state index contributed by atoms with van der Waals surface area (Å²) in [6.07, 6.45) is 2.52. The van der Waals surface area contributed by atoms with Gasteiger partial charge in [-0.3, -0.25) is 0 Å². The Morgan fingerprint density at radius 2 is 1.94 bits per heavy atom. The molecule has 0 aliphatic rings. The Kier molecular flexibility index (Phi) is 6.20. The summed E-state index contributed by atoms with van der Waals surface area (Å²) in [4.78, 5) is 0. The lowest BCUT2D eigenvalue weighted by molar-refractivity contribution is 0.206. The highest BCUT2D eigenvalue weighted by Gasteiger charge is 2.08. The van der Waals surface area contributed by atoms with Gasteiger partial charge in [0.1, 0.15) is 5.75 Å². The molecule has 18 heavy (non-hydrogen) atoms. The van der Waals surface area contributed by atoms with E-state index in [4.69, 9.17) is 4.74 Å². The molecule has 0 bridgehead atoms. The monoisotopic (exact) mass is 249 g/mol. The standard InChI is InChI=1S/C16H27NO/c1-12(2)15-9-8-13(3)16(11-15)18-14(4)7-6-10-17-5/h8-9,11-12,14,17H,6-7,10H2,1-5H3. The molecule has 2 heteroatoms. The normalized spacial score (nSPS) is 12.8. The molecule has 0 saturated heterocycles. The molecule has 1 atom stereocenters. The van der Waals surface area contributed by atoms with Crippen molar-refractivity contribution in [3.63, 3.8) is 0 Å². The maximum atomic E-state index is 6.05. The summed E-state index contributed by atoms with van der Waals surface area (Å²) in [6, 6.07) is 6.54. The summed E-state index contributed by atoms with van der Waals surface area (Å²) in [5.41, 5.74) is 2.57. The van der Waals surface area contributed by atoms with Crippen molar-refractivity contribution in [2.75, 3.05) is 13.6 Å². The van der Waals surface area contributed by atoms with Crippen LogP contribution in [0.15, 0.2) is 18.2 Å². The third-order valence-corrected chi connectivity index (χ3v) is 3.24. The molecule has 102 valence electrons. The Hall–Kier alpha value is -1.02. The second-order valence-electron chi connectivity index (χ2n) is 5.35. The first-order valence-corrected chi connectivity index (χ1v) is 6.96. The van der Waals surface area contributed by atoms with Crippen molar-refractivity contribution in [3.05, 3.63) is 29.3 Å². The van der Waals surface area contributed by atoms with Crippen molar-refractivity contribution >= 4 is 0 Å². The average molecular weight is 249 g/mol. The molecule has 1 aromatic rings. The zero-order valence-electron chi connectivity index (χ0n) is 12.4. The molecule has 0 aliphatic carbocycles. The van der Waals surface area contributed by atoms with Crippen LogP contribution >= 0.6 is 0 Å². The summed E-state index contributed by atoms with van der Waals surface area (Å²) >= 11 is 0. The van der Waals surface area contributed by atoms with Crippen LogP contribution in [0.25, 0.3) is 0 Å². The largest absolute Gasteiger partial charge is 0.490 e. The maximum Gasteiger partial charge on any atom is 0.122 e. The molecular weight excluding hydrogens is 222 g/mol. The van der Waals surface area contributed by atoms with Crippen LogP contribution in [-0.2, 0) is 0 Å². The molecule has 2 nitrogen and oxygen atoms in total. The van der Waals surface area contributed by atoms with Crippen LogP contribution in [0.2, 0.25) is 0 Å². The lowest BCUT2D eigenvalue weighted by atomic mass is 10.0. The van der Waals surface area contributed by atoms with Gasteiger partial charge in [0.15, 0.2) is 0 Å². The average Bonchev–Trinajstić information content (AvgIpc) is 2.32. The first kappa shape index (κ1) is 15.0. The number of hydrogen-bond donors (Lipinski definition) is 1. The number of hydrogen-bond acceptors (Lipinski definition) is 2. The molecule has 0 aliphatic heterocycles. The van der Waals surface area contributed by atoms with E-state index >= 15 is 0 Å². The topological polar surface area (TPSA) is 21.3 Å². The van der Waals surface area contributed by atoms with E-state index in [9.17, 15) is 0 Å². The predicted octanol–water partition coefficient (Wildman–Crippen LogP) is 3.89. The van der Waals surface area contributed by atoms with Crippen LogP contribution in [0.4, 0.5) is 0 Å². The highest BCUT2D eigenvalue weighted by Crippen LogP contribution is 2.25. The minimum absolute atomic E-state index is 0.277. The van der Waals surface area contributed by atoms with Crippen molar-refractivity contribution in [2.24, 2.45) is 0 Å². The van der Waals surface area contributed by atoms with Crippen LogP contribution < -0.4 is 10.1 Å². The Bertz CT molecular complexity index is 360. The molecule has 0 aromatic heterocycles. The zero-order valence-corrected chi connectivity index (χ0v) is 12.4. The Labute approximate surface area is 112 Å². The van der Waals surface area contributed by atoms with E-state index in [0.29, 0.717) is 5.92 Å². The molecule has 1 unspecified atom stereocenters. The van der Waals surface area contributed by atoms with Gasteiger partial charge in [-0.2, -0.15) is 0 Å². The minimum atomic E-state index is 0.277. The van der Waals surface area contributed by atoms with Gasteiger partial charge in [0.05, 0.1) is 6.10 Å². The number of benzene rings is 1. The summed E-state index contributed by atoms with van der Waals surface area (Å²) in [5.74, 6) is 1.59. The molecule has 0 fully saturated rings. The van der Waals surface area contributed by atoms with Crippen molar-refractivity contribution in [3.8, 4) is 5.75 Å². The van der Waals surface area contributed by atoms with E-state index in [1.165, 1.54) is 11.1 Å². The zero-order chi connectivity index (χ0) is 13.5. The summed E-state index contributed by atoms with van der Waals surface area (Å²) in [5, 5.41) is 3.17. The lowest BCUT2D eigenvalue weighted by Gasteiger charge is -2.18. The van der Waals surface area contributed by atoms with Crippen molar-refractivity contribution in [1.29, 1.82) is 0 Å². The fourth-order valence-corrected chi connectivity index (χ4v) is 1.94. The first-order valence-electron chi connectivity index (χ1n) is 6.96. The fraction of sp³-hybridized carbons (Fsp3) is 0.625. The van der Waals surface area contributed by atoms with Gasteiger partial charge in [0, 0.05) is 0 Å². The molecular formula is C16H27NO. The van der Waals surface area contributed by atoms with Gasteiger partial charge in [0.2, 0.25) is 0 Å². The molecule has 0 heterocycles. The number of rotatable bonds is 7. The van der Waals surface area contributed by atoms with Crippen molar-refractivity contribution in [2.45, 2.75) is 52.6 Å². The van der Waals surface area contributed by atoms with Crippen LogP contribution in [0.3, 0.4) is 0 Å². The van der Waals surface area contributed by atoms with E-state index in [2.05, 4.69) is 51.2 Å². The highest BCUT2D eigenvalue weighted by atomic mass is 16.5. The summed E-state index contributed by atoms with van der Waals surface area (Å²) in [7, 11) is 1.99. The van der Waals surface area contributed by atoms with E-state index in [0.717, 1.165) is 25.1 Å². The maximum absolute atomic E-state index is 6.05. The van der Waals surface area contributed by atoms with Gasteiger partial charge in [-0.1, -0.05) is 26.0 Å². The SMILES string of the molecule is CNCCCC(C)Oc1cc(C(C)C)ccc1C. The minimum Gasteiger partial charge on any atom is -0.490 e. The number of aryl methyl sites for hydroxylation is 1. The van der Waals surface area contributed by atoms with E-state index in [-0.39, 0.29) is 6.10 Å². The number of nitrogens with one attached hydrogen (secondary N) is 1. The second-order valence-corrected chi connectivity index (χ2v) is 5.35. The molecule has 1 rings (SSSR count). The van der Waals surface area contributed by atoms with Crippen molar-refractivity contribution in [1.82, 2.24) is 5.32 Å². The van der Waals surface area contributed by atoms with E-state index in [1.54, 1.807) is 0 Å².